The highest BCUT2D eigenvalue weighted by Crippen LogP contribution is 2.65. The van der Waals surface area contributed by atoms with Crippen LogP contribution in [-0.2, 0) is 28.8 Å². The molecule has 1 unspecified atom stereocenters. The van der Waals surface area contributed by atoms with E-state index in [-0.39, 0.29) is 53.4 Å². The van der Waals surface area contributed by atoms with Crippen molar-refractivity contribution in [2.45, 2.75) is 131 Å². The number of hydrogen-bond acceptors (Lipinski definition) is 6. The molecule has 0 aromatic heterocycles. The zero-order valence-corrected chi connectivity index (χ0v) is 30.4. The van der Waals surface area contributed by atoms with E-state index in [0.717, 1.165) is 44.9 Å². The van der Waals surface area contributed by atoms with Gasteiger partial charge in [0.15, 0.2) is 0 Å². The van der Waals surface area contributed by atoms with Crippen LogP contribution in [0.25, 0.3) is 0 Å². The van der Waals surface area contributed by atoms with Gasteiger partial charge in [-0.05, 0) is 53.8 Å². The number of carbonyl (C=O) groups excluding carboxylic acids is 6. The summed E-state index contributed by atoms with van der Waals surface area (Å²) in [6.45, 7) is 19.3. The SMILES string of the molecule is C=CCNC(=O)C(=O)C(CC1CC1)NC(=O)[C@@H]1[C@@H]2[C@H](CN1C(=O)[C@@H](NC(=O)[C@@H](NC(=O)C(C)(C)C)C1CCCCC1)C(C)(C)C)C2(C)C. The summed E-state index contributed by atoms with van der Waals surface area (Å²) in [7, 11) is 0. The first-order valence-corrected chi connectivity index (χ1v) is 17.9. The number of Topliss-reactive ketones (excluding diaryl/α,β-unsaturated/α-hetero) is 1. The fourth-order valence-electron chi connectivity index (χ4n) is 7.67. The molecule has 0 spiro atoms. The Hall–Kier alpha value is -3.24. The summed E-state index contributed by atoms with van der Waals surface area (Å²) in [5.41, 5.74) is -1.59. The van der Waals surface area contributed by atoms with Gasteiger partial charge in [-0.1, -0.05) is 93.6 Å². The number of nitrogens with zero attached hydrogens (tertiary/aromatic N) is 1. The van der Waals surface area contributed by atoms with Crippen LogP contribution >= 0.6 is 0 Å². The van der Waals surface area contributed by atoms with Crippen molar-refractivity contribution >= 4 is 35.3 Å². The van der Waals surface area contributed by atoms with Crippen molar-refractivity contribution < 1.29 is 28.8 Å². The third-order valence-corrected chi connectivity index (χ3v) is 11.1. The van der Waals surface area contributed by atoms with Gasteiger partial charge in [-0.25, -0.2) is 0 Å². The third-order valence-electron chi connectivity index (χ3n) is 11.1. The van der Waals surface area contributed by atoms with E-state index in [0.29, 0.717) is 13.0 Å². The summed E-state index contributed by atoms with van der Waals surface area (Å²) in [5.74, 6) is -2.72. The zero-order valence-electron chi connectivity index (χ0n) is 30.4. The highest BCUT2D eigenvalue weighted by molar-refractivity contribution is 6.38. The Morgan fingerprint density at radius 1 is 0.896 bits per heavy atom. The average molecular weight is 670 g/mol. The van der Waals surface area contributed by atoms with Crippen LogP contribution in [0.2, 0.25) is 0 Å². The summed E-state index contributed by atoms with van der Waals surface area (Å²) in [6, 6.07) is -3.58. The van der Waals surface area contributed by atoms with Crippen LogP contribution in [0.1, 0.15) is 107 Å². The minimum absolute atomic E-state index is 0.0378. The van der Waals surface area contributed by atoms with E-state index in [1.54, 1.807) is 4.90 Å². The molecule has 4 fully saturated rings. The van der Waals surface area contributed by atoms with Crippen molar-refractivity contribution in [3.05, 3.63) is 12.7 Å². The van der Waals surface area contributed by atoms with E-state index in [2.05, 4.69) is 41.7 Å². The normalized spacial score (nSPS) is 25.5. The minimum Gasteiger partial charge on any atom is -0.346 e. The van der Waals surface area contributed by atoms with Crippen LogP contribution in [0.5, 0.6) is 0 Å². The second kappa shape index (κ2) is 14.3. The van der Waals surface area contributed by atoms with Crippen molar-refractivity contribution in [1.29, 1.82) is 0 Å². The predicted molar refractivity (Wildman–Crippen MR) is 183 cm³/mol. The largest absolute Gasteiger partial charge is 0.346 e. The molecule has 0 aromatic rings. The molecule has 1 saturated heterocycles. The van der Waals surface area contributed by atoms with Gasteiger partial charge in [0.2, 0.25) is 29.4 Å². The summed E-state index contributed by atoms with van der Waals surface area (Å²) in [4.78, 5) is 83.2. The Kier molecular flexibility index (Phi) is 11.2. The highest BCUT2D eigenvalue weighted by Gasteiger charge is 2.70. The van der Waals surface area contributed by atoms with Gasteiger partial charge in [-0.2, -0.15) is 0 Å². The fourth-order valence-corrected chi connectivity index (χ4v) is 7.67. The summed E-state index contributed by atoms with van der Waals surface area (Å²) in [5, 5.41) is 11.4. The number of hydrogen-bond donors (Lipinski definition) is 4. The van der Waals surface area contributed by atoms with Crippen LogP contribution < -0.4 is 21.3 Å². The number of rotatable bonds is 13. The molecule has 4 rings (SSSR count). The highest BCUT2D eigenvalue weighted by atomic mass is 16.2. The van der Waals surface area contributed by atoms with Crippen LogP contribution in [-0.4, -0.2) is 77.5 Å². The Bertz CT molecular complexity index is 1290. The molecule has 6 atom stereocenters. The molecule has 1 aliphatic heterocycles. The first kappa shape index (κ1) is 37.6. The monoisotopic (exact) mass is 669 g/mol. The predicted octanol–water partition coefficient (Wildman–Crippen LogP) is 3.27. The molecule has 0 bridgehead atoms. The number of carbonyl (C=O) groups is 6. The molecular formula is C37H59N5O6. The lowest BCUT2D eigenvalue weighted by Crippen LogP contribution is -2.63. The maximum atomic E-state index is 14.5. The van der Waals surface area contributed by atoms with Gasteiger partial charge in [-0.15, -0.1) is 6.58 Å². The van der Waals surface area contributed by atoms with Gasteiger partial charge in [0.25, 0.3) is 5.91 Å². The topological polar surface area (TPSA) is 154 Å². The van der Waals surface area contributed by atoms with Crippen LogP contribution in [0.15, 0.2) is 12.7 Å². The fraction of sp³-hybridized carbons (Fsp3) is 0.784. The standard InChI is InChI=1S/C37H59N5O6/c1-10-18-38-32(46)28(43)24(19-21-16-17-21)39-31(45)27-25-23(37(25,8)9)20-42(27)33(47)29(35(2,3)4)41-30(44)26(22-14-12-11-13-15-22)40-34(48)36(5,6)7/h10,21-27,29H,1,11-20H2,2-9H3,(H,38,46)(H,39,45)(H,40,48)(H,41,44)/t23-,24?,25-,26-,27-,29+/m0/s1. The molecule has 1 heterocycles. The molecule has 4 aliphatic rings. The number of nitrogens with one attached hydrogen (secondary N) is 4. The Balaban J connectivity index is 1.57. The number of piperidine rings is 1. The van der Waals surface area contributed by atoms with Crippen LogP contribution in [0.3, 0.4) is 0 Å². The van der Waals surface area contributed by atoms with Crippen molar-refractivity contribution in [3.8, 4) is 0 Å². The number of fused-ring (bicyclic) bond motifs is 1. The molecule has 4 N–H and O–H groups in total. The first-order valence-electron chi connectivity index (χ1n) is 17.9. The molecular weight excluding hydrogens is 610 g/mol. The molecule has 0 radical (unpaired) electrons. The van der Waals surface area contributed by atoms with Gasteiger partial charge in [0.05, 0.1) is 6.04 Å². The van der Waals surface area contributed by atoms with E-state index < -0.39 is 52.6 Å². The average Bonchev–Trinajstić information content (AvgIpc) is 3.86. The molecule has 11 nitrogen and oxygen atoms in total. The minimum atomic E-state index is -0.992. The quantitative estimate of drug-likeness (QED) is 0.175. The Morgan fingerprint density at radius 3 is 2.06 bits per heavy atom. The van der Waals surface area contributed by atoms with Crippen molar-refractivity contribution in [1.82, 2.24) is 26.2 Å². The lowest BCUT2D eigenvalue weighted by atomic mass is 9.81. The number of amides is 5. The van der Waals surface area contributed by atoms with E-state index >= 15 is 0 Å². The molecule has 11 heteroatoms. The van der Waals surface area contributed by atoms with Gasteiger partial charge in [-0.3, -0.25) is 28.8 Å². The van der Waals surface area contributed by atoms with Crippen LogP contribution in [0, 0.1) is 39.9 Å². The molecule has 48 heavy (non-hydrogen) atoms. The van der Waals surface area contributed by atoms with Gasteiger partial charge < -0.3 is 26.2 Å². The summed E-state index contributed by atoms with van der Waals surface area (Å²) < 4.78 is 0. The van der Waals surface area contributed by atoms with E-state index in [9.17, 15) is 28.8 Å². The second-order valence-corrected chi connectivity index (χ2v) is 17.4. The number of ketones is 1. The van der Waals surface area contributed by atoms with Crippen LogP contribution in [0.4, 0.5) is 0 Å². The van der Waals surface area contributed by atoms with Crippen molar-refractivity contribution in [3.63, 3.8) is 0 Å². The van der Waals surface area contributed by atoms with Gasteiger partial charge >= 0.3 is 0 Å². The Labute approximate surface area is 286 Å². The van der Waals surface area contributed by atoms with E-state index in [1.807, 2.05) is 41.5 Å². The maximum Gasteiger partial charge on any atom is 0.289 e. The molecule has 5 amide bonds. The zero-order chi connectivity index (χ0) is 35.8. The lowest BCUT2D eigenvalue weighted by Gasteiger charge is -2.39. The molecule has 268 valence electrons. The van der Waals surface area contributed by atoms with Crippen molar-refractivity contribution in [2.75, 3.05) is 13.1 Å². The van der Waals surface area contributed by atoms with Gasteiger partial charge in [0.1, 0.15) is 18.1 Å². The maximum absolute atomic E-state index is 14.5. The Morgan fingerprint density at radius 2 is 1.52 bits per heavy atom. The van der Waals surface area contributed by atoms with E-state index in [1.165, 1.54) is 6.08 Å². The van der Waals surface area contributed by atoms with Gasteiger partial charge in [0, 0.05) is 18.5 Å². The molecule has 0 aromatic carbocycles. The van der Waals surface area contributed by atoms with E-state index in [4.69, 9.17) is 0 Å². The molecule has 3 saturated carbocycles. The first-order chi connectivity index (χ1) is 22.3. The molecule has 3 aliphatic carbocycles. The number of likely N-dealkylation sites (tertiary alicyclic amines) is 1. The second-order valence-electron chi connectivity index (χ2n) is 17.4. The summed E-state index contributed by atoms with van der Waals surface area (Å²) in [6.07, 6.45) is 8.40. The lowest BCUT2D eigenvalue weighted by molar-refractivity contribution is -0.147. The summed E-state index contributed by atoms with van der Waals surface area (Å²) >= 11 is 0. The third kappa shape index (κ3) is 8.48. The smallest absolute Gasteiger partial charge is 0.289 e. The van der Waals surface area contributed by atoms with Crippen molar-refractivity contribution in [2.24, 2.45) is 39.9 Å².